The largest absolute Gasteiger partial charge is 0.338 e. The van der Waals surface area contributed by atoms with Crippen molar-refractivity contribution < 1.29 is 13.2 Å². The number of likely N-dealkylation sites (N-methyl/N-ethyl adjacent to an activating group) is 1. The first-order valence-electron chi connectivity index (χ1n) is 12.2. The summed E-state index contributed by atoms with van der Waals surface area (Å²) in [7, 11) is 0.127. The number of benzene rings is 1. The number of fused-ring (bicyclic) bond motifs is 5. The molecule has 7 atom stereocenters. The van der Waals surface area contributed by atoms with Gasteiger partial charge >= 0.3 is 0 Å². The summed E-state index contributed by atoms with van der Waals surface area (Å²) < 4.78 is 28.6. The van der Waals surface area contributed by atoms with Gasteiger partial charge in [-0.1, -0.05) is 31.5 Å². The maximum Gasteiger partial charge on any atom is 0.246 e. The van der Waals surface area contributed by atoms with Crippen molar-refractivity contribution in [1.82, 2.24) is 9.21 Å². The van der Waals surface area contributed by atoms with Crippen LogP contribution in [0.4, 0.5) is 0 Å². The molecule has 1 heterocycles. The molecule has 7 heteroatoms. The molecular formula is C26H35ClN2O3S. The van der Waals surface area contributed by atoms with Gasteiger partial charge in [-0.15, -0.1) is 0 Å². The van der Waals surface area contributed by atoms with E-state index < -0.39 is 10.0 Å². The SMILES string of the molecule is CN1C(=O)C=C[C@]2(C)[C@H]3CC[C@]4(C)[C@@H](N(C)S(=O)(=O)c5ccc(Cl)cc5)CC[C@H]4[C@@H]3CC[C@@H]12. The zero-order valence-electron chi connectivity index (χ0n) is 20.0. The Bertz CT molecular complexity index is 1090. The Morgan fingerprint density at radius 1 is 1.03 bits per heavy atom. The molecule has 0 bridgehead atoms. The van der Waals surface area contributed by atoms with E-state index in [1.165, 1.54) is 0 Å². The van der Waals surface area contributed by atoms with Crippen molar-refractivity contribution in [3.8, 4) is 0 Å². The molecule has 33 heavy (non-hydrogen) atoms. The van der Waals surface area contributed by atoms with Crippen LogP contribution in [0.2, 0.25) is 5.02 Å². The summed E-state index contributed by atoms with van der Waals surface area (Å²) in [5, 5.41) is 0.538. The predicted octanol–water partition coefficient (Wildman–Crippen LogP) is 4.97. The Hall–Kier alpha value is -1.37. The number of nitrogens with zero attached hydrogens (tertiary/aromatic N) is 2. The monoisotopic (exact) mass is 490 g/mol. The predicted molar refractivity (Wildman–Crippen MR) is 130 cm³/mol. The second-order valence-corrected chi connectivity index (χ2v) is 13.7. The molecule has 1 amide bonds. The molecule has 1 aliphatic heterocycles. The first-order chi connectivity index (χ1) is 15.5. The highest BCUT2D eigenvalue weighted by Gasteiger charge is 2.61. The van der Waals surface area contributed by atoms with Crippen LogP contribution in [-0.2, 0) is 14.8 Å². The zero-order chi connectivity index (χ0) is 23.8. The highest BCUT2D eigenvalue weighted by Crippen LogP contribution is 2.64. The molecule has 1 aromatic rings. The van der Waals surface area contributed by atoms with Crippen LogP contribution in [0.3, 0.4) is 0 Å². The van der Waals surface area contributed by atoms with Crippen LogP contribution in [0.1, 0.15) is 52.4 Å². The summed E-state index contributed by atoms with van der Waals surface area (Å²) in [5.41, 5.74) is -0.0228. The van der Waals surface area contributed by atoms with E-state index in [9.17, 15) is 13.2 Å². The highest BCUT2D eigenvalue weighted by atomic mass is 35.5. The van der Waals surface area contributed by atoms with E-state index in [4.69, 9.17) is 11.6 Å². The van der Waals surface area contributed by atoms with Gasteiger partial charge in [0, 0.05) is 36.6 Å². The fourth-order valence-corrected chi connectivity index (χ4v) is 9.87. The topological polar surface area (TPSA) is 57.7 Å². The van der Waals surface area contributed by atoms with Gasteiger partial charge in [-0.2, -0.15) is 4.31 Å². The number of halogens is 1. The van der Waals surface area contributed by atoms with E-state index in [0.29, 0.717) is 27.7 Å². The normalized spacial score (nSPS) is 40.5. The molecule has 0 aromatic heterocycles. The molecule has 3 fully saturated rings. The average molecular weight is 491 g/mol. The lowest BCUT2D eigenvalue weighted by Gasteiger charge is -2.60. The van der Waals surface area contributed by atoms with Crippen molar-refractivity contribution >= 4 is 27.5 Å². The number of sulfonamides is 1. The lowest BCUT2D eigenvalue weighted by Crippen LogP contribution is -2.60. The second kappa shape index (κ2) is 7.82. The van der Waals surface area contributed by atoms with E-state index in [-0.39, 0.29) is 28.8 Å². The van der Waals surface area contributed by atoms with Crippen molar-refractivity contribution in [3.63, 3.8) is 0 Å². The molecule has 0 spiro atoms. The summed E-state index contributed by atoms with van der Waals surface area (Å²) in [6.45, 7) is 4.68. The fourth-order valence-electron chi connectivity index (χ4n) is 8.25. The molecule has 5 nitrogen and oxygen atoms in total. The summed E-state index contributed by atoms with van der Waals surface area (Å²) in [5.74, 6) is 1.75. The summed E-state index contributed by atoms with van der Waals surface area (Å²) >= 11 is 5.99. The molecule has 0 N–H and O–H groups in total. The van der Waals surface area contributed by atoms with Crippen LogP contribution in [0.15, 0.2) is 41.3 Å². The molecule has 1 aromatic carbocycles. The van der Waals surface area contributed by atoms with E-state index in [1.54, 1.807) is 41.7 Å². The number of carbonyl (C=O) groups is 1. The number of rotatable bonds is 3. The number of amides is 1. The molecule has 5 rings (SSSR count). The quantitative estimate of drug-likeness (QED) is 0.601. The Labute approximate surface area is 203 Å². The minimum Gasteiger partial charge on any atom is -0.338 e. The lowest BCUT2D eigenvalue weighted by atomic mass is 9.48. The van der Waals surface area contributed by atoms with E-state index in [0.717, 1.165) is 38.5 Å². The number of hydrogen-bond acceptors (Lipinski definition) is 3. The molecule has 0 saturated heterocycles. The minimum absolute atomic E-state index is 0.000747. The van der Waals surface area contributed by atoms with E-state index in [2.05, 4.69) is 19.9 Å². The third-order valence-corrected chi connectivity index (χ3v) is 12.1. The molecule has 180 valence electrons. The number of carbonyl (C=O) groups excluding carboxylic acids is 1. The van der Waals surface area contributed by atoms with Gasteiger partial charge in [-0.3, -0.25) is 4.79 Å². The molecule has 3 saturated carbocycles. The first-order valence-corrected chi connectivity index (χ1v) is 14.0. The Morgan fingerprint density at radius 2 is 1.73 bits per heavy atom. The molecule has 0 radical (unpaired) electrons. The fraction of sp³-hybridized carbons (Fsp3) is 0.654. The average Bonchev–Trinajstić information content (AvgIpc) is 3.13. The van der Waals surface area contributed by atoms with E-state index >= 15 is 0 Å². The smallest absolute Gasteiger partial charge is 0.246 e. The maximum absolute atomic E-state index is 13.5. The van der Waals surface area contributed by atoms with Crippen molar-refractivity contribution in [2.24, 2.45) is 28.6 Å². The Kier molecular flexibility index (Phi) is 5.54. The second-order valence-electron chi connectivity index (χ2n) is 11.2. The van der Waals surface area contributed by atoms with Gasteiger partial charge in [-0.25, -0.2) is 8.42 Å². The summed E-state index contributed by atoms with van der Waals surface area (Å²) in [6, 6.07) is 6.77. The van der Waals surface area contributed by atoms with Gasteiger partial charge in [0.05, 0.1) is 4.90 Å². The number of hydrogen-bond donors (Lipinski definition) is 0. The standard InChI is InChI=1S/C26H35ClN2O3S/c1-25-16-14-24(30)28(3)22(25)11-9-19-20-10-12-23(26(20,2)15-13-21(19)25)29(4)33(31,32)18-7-5-17(27)6-8-18/h5-8,14,16,19-23H,9-13,15H2,1-4H3/t19-,20-,21-,22+,23-,25+,26-/m0/s1. The molecule has 3 aliphatic carbocycles. The van der Waals surface area contributed by atoms with Gasteiger partial charge < -0.3 is 4.90 Å². The summed E-state index contributed by atoms with van der Waals surface area (Å²) in [4.78, 5) is 14.6. The minimum atomic E-state index is -3.58. The molecular weight excluding hydrogens is 456 g/mol. The third-order valence-electron chi connectivity index (χ3n) is 10.0. The van der Waals surface area contributed by atoms with E-state index in [1.807, 2.05) is 11.9 Å². The van der Waals surface area contributed by atoms with Gasteiger partial charge in [0.2, 0.25) is 15.9 Å². The van der Waals surface area contributed by atoms with Crippen LogP contribution < -0.4 is 0 Å². The molecule has 4 aliphatic rings. The van der Waals surface area contributed by atoms with Crippen LogP contribution in [0.25, 0.3) is 0 Å². The van der Waals surface area contributed by atoms with Crippen molar-refractivity contribution in [2.45, 2.75) is 69.4 Å². The summed E-state index contributed by atoms with van der Waals surface area (Å²) in [6.07, 6.45) is 10.2. The van der Waals surface area contributed by atoms with Gasteiger partial charge in [-0.05, 0) is 92.0 Å². The van der Waals surface area contributed by atoms with Gasteiger partial charge in [0.15, 0.2) is 0 Å². The Balaban J connectivity index is 1.43. The van der Waals surface area contributed by atoms with Crippen molar-refractivity contribution in [1.29, 1.82) is 0 Å². The highest BCUT2D eigenvalue weighted by molar-refractivity contribution is 7.89. The zero-order valence-corrected chi connectivity index (χ0v) is 21.6. The van der Waals surface area contributed by atoms with Crippen LogP contribution in [0.5, 0.6) is 0 Å². The lowest BCUT2D eigenvalue weighted by molar-refractivity contribution is -0.138. The van der Waals surface area contributed by atoms with Crippen LogP contribution >= 0.6 is 11.6 Å². The van der Waals surface area contributed by atoms with Crippen LogP contribution in [0, 0.1) is 28.6 Å². The van der Waals surface area contributed by atoms with Gasteiger partial charge in [0.25, 0.3) is 0 Å². The van der Waals surface area contributed by atoms with Crippen molar-refractivity contribution in [2.75, 3.05) is 14.1 Å². The maximum atomic E-state index is 13.5. The van der Waals surface area contributed by atoms with Crippen LogP contribution in [-0.4, -0.2) is 49.7 Å². The Morgan fingerprint density at radius 3 is 2.42 bits per heavy atom. The third kappa shape index (κ3) is 3.35. The van der Waals surface area contributed by atoms with Crippen molar-refractivity contribution in [3.05, 3.63) is 41.4 Å². The van der Waals surface area contributed by atoms with Gasteiger partial charge in [0.1, 0.15) is 0 Å². The first kappa shape index (κ1) is 23.4. The molecule has 0 unspecified atom stereocenters.